The lowest BCUT2D eigenvalue weighted by Gasteiger charge is -2.08. The van der Waals surface area contributed by atoms with Crippen molar-refractivity contribution in [1.29, 1.82) is 0 Å². The number of carbonyl (C=O) groups excluding carboxylic acids is 2. The molecule has 14 heavy (non-hydrogen) atoms. The van der Waals surface area contributed by atoms with E-state index >= 15 is 0 Å². The van der Waals surface area contributed by atoms with Crippen molar-refractivity contribution in [1.82, 2.24) is 4.90 Å². The maximum absolute atomic E-state index is 11.7. The van der Waals surface area contributed by atoms with Gasteiger partial charge in [0.15, 0.2) is 0 Å². The van der Waals surface area contributed by atoms with Crippen LogP contribution in [0.25, 0.3) is 0 Å². The molecule has 3 nitrogen and oxygen atoms in total. The van der Waals surface area contributed by atoms with Crippen LogP contribution in [-0.2, 0) is 9.59 Å². The van der Waals surface area contributed by atoms with Crippen LogP contribution in [0.15, 0.2) is 11.0 Å². The molecule has 2 rings (SSSR count). The minimum absolute atomic E-state index is 0.00740. The zero-order chi connectivity index (χ0) is 10.3. The monoisotopic (exact) mass is 211 g/mol. The molecule has 2 atom stereocenters. The van der Waals surface area contributed by atoms with Crippen molar-refractivity contribution in [3.63, 3.8) is 0 Å². The number of amides is 2. The molecule has 2 aliphatic heterocycles. The average Bonchev–Trinajstić information content (AvgIpc) is 2.66. The van der Waals surface area contributed by atoms with Crippen LogP contribution in [0.5, 0.6) is 0 Å². The predicted molar refractivity (Wildman–Crippen MR) is 55.6 cm³/mol. The van der Waals surface area contributed by atoms with Gasteiger partial charge in [0.1, 0.15) is 0 Å². The minimum Gasteiger partial charge on any atom is -0.285 e. The lowest BCUT2D eigenvalue weighted by atomic mass is 9.96. The normalized spacial score (nSPS) is 34.4. The Hall–Kier alpha value is -0.770. The summed E-state index contributed by atoms with van der Waals surface area (Å²) in [6.45, 7) is 2.05. The fraction of sp³-hybridized carbons (Fsp3) is 0.600. The van der Waals surface area contributed by atoms with Gasteiger partial charge in [0.25, 0.3) is 0 Å². The molecule has 2 fully saturated rings. The third-order valence-corrected chi connectivity index (χ3v) is 4.07. The summed E-state index contributed by atoms with van der Waals surface area (Å²) in [6.07, 6.45) is 3.00. The van der Waals surface area contributed by atoms with Crippen molar-refractivity contribution in [2.24, 2.45) is 11.8 Å². The second kappa shape index (κ2) is 3.42. The molecule has 2 heterocycles. The topological polar surface area (TPSA) is 37.4 Å². The third kappa shape index (κ3) is 1.21. The van der Waals surface area contributed by atoms with Crippen LogP contribution in [0, 0.1) is 11.8 Å². The maximum atomic E-state index is 11.7. The number of thioether (sulfide) groups is 1. The van der Waals surface area contributed by atoms with Crippen LogP contribution in [0.4, 0.5) is 0 Å². The first-order valence-corrected chi connectivity index (χ1v) is 5.79. The number of hydrogen-bond acceptors (Lipinski definition) is 3. The van der Waals surface area contributed by atoms with E-state index in [0.717, 1.165) is 17.1 Å². The zero-order valence-corrected chi connectivity index (χ0v) is 9.13. The summed E-state index contributed by atoms with van der Waals surface area (Å²) < 4.78 is 0. The molecule has 4 heteroatoms. The second-order valence-electron chi connectivity index (χ2n) is 3.65. The van der Waals surface area contributed by atoms with E-state index in [9.17, 15) is 9.59 Å². The fourth-order valence-electron chi connectivity index (χ4n) is 2.03. The molecule has 2 amide bonds. The molecule has 2 unspecified atom stereocenters. The summed E-state index contributed by atoms with van der Waals surface area (Å²) >= 11 is 1.66. The van der Waals surface area contributed by atoms with E-state index in [2.05, 4.69) is 6.08 Å². The Morgan fingerprint density at radius 1 is 1.50 bits per heavy atom. The Morgan fingerprint density at radius 3 is 2.86 bits per heavy atom. The van der Waals surface area contributed by atoms with Gasteiger partial charge >= 0.3 is 0 Å². The summed E-state index contributed by atoms with van der Waals surface area (Å²) in [7, 11) is 1.58. The van der Waals surface area contributed by atoms with Crippen molar-refractivity contribution in [2.75, 3.05) is 12.8 Å². The lowest BCUT2D eigenvalue weighted by Crippen LogP contribution is -2.27. The van der Waals surface area contributed by atoms with E-state index in [1.165, 1.54) is 4.90 Å². The van der Waals surface area contributed by atoms with Crippen molar-refractivity contribution < 1.29 is 9.59 Å². The van der Waals surface area contributed by atoms with E-state index < -0.39 is 0 Å². The van der Waals surface area contributed by atoms with Gasteiger partial charge in [-0.25, -0.2) is 0 Å². The average molecular weight is 211 g/mol. The molecule has 0 N–H and O–H groups in total. The van der Waals surface area contributed by atoms with Crippen LogP contribution in [-0.4, -0.2) is 29.5 Å². The number of rotatable bonds is 1. The molecule has 0 saturated carbocycles. The summed E-state index contributed by atoms with van der Waals surface area (Å²) in [6, 6.07) is 0. The first-order chi connectivity index (χ1) is 6.66. The van der Waals surface area contributed by atoms with Crippen molar-refractivity contribution >= 4 is 23.6 Å². The molecule has 0 aromatic carbocycles. The number of carbonyl (C=O) groups is 2. The molecular weight excluding hydrogens is 198 g/mol. The first-order valence-electron chi connectivity index (χ1n) is 4.81. The molecule has 2 aliphatic rings. The highest BCUT2D eigenvalue weighted by Crippen LogP contribution is 2.45. The van der Waals surface area contributed by atoms with E-state index in [0.29, 0.717) is 0 Å². The largest absolute Gasteiger partial charge is 0.285 e. The van der Waals surface area contributed by atoms with Gasteiger partial charge in [0.05, 0.1) is 11.8 Å². The number of allylic oxidation sites excluding steroid dienone is 1. The highest BCUT2D eigenvalue weighted by Gasteiger charge is 2.51. The Labute approximate surface area is 87.5 Å². The molecule has 0 aliphatic carbocycles. The molecule has 76 valence electrons. The van der Waals surface area contributed by atoms with Crippen LogP contribution in [0.1, 0.15) is 13.3 Å². The van der Waals surface area contributed by atoms with Crippen LogP contribution >= 0.6 is 11.8 Å². The van der Waals surface area contributed by atoms with Gasteiger partial charge in [-0.1, -0.05) is 13.0 Å². The summed E-state index contributed by atoms with van der Waals surface area (Å²) in [5, 5.41) is 0. The van der Waals surface area contributed by atoms with E-state index in [4.69, 9.17) is 0 Å². The van der Waals surface area contributed by atoms with Gasteiger partial charge in [-0.2, -0.15) is 0 Å². The predicted octanol–water partition coefficient (Wildman–Crippen LogP) is 1.26. The molecule has 0 radical (unpaired) electrons. The second-order valence-corrected chi connectivity index (χ2v) is 4.74. The van der Waals surface area contributed by atoms with Gasteiger partial charge in [-0.15, -0.1) is 11.8 Å². The Kier molecular flexibility index (Phi) is 2.39. The standard InChI is InChI=1S/C10H13NO2S/c1-3-4-7-8-6(5-14-7)9(12)11(2)10(8)13/h4,6,8H,3,5H2,1-2H3/b7-4-. The Bertz CT molecular complexity index is 324. The highest BCUT2D eigenvalue weighted by atomic mass is 32.2. The number of imide groups is 1. The molecule has 0 aromatic rings. The fourth-order valence-corrected chi connectivity index (χ4v) is 3.47. The molecule has 0 aromatic heterocycles. The smallest absolute Gasteiger partial charge is 0.237 e. The summed E-state index contributed by atoms with van der Waals surface area (Å²) in [4.78, 5) is 25.7. The molecule has 0 spiro atoms. The van der Waals surface area contributed by atoms with Crippen LogP contribution < -0.4 is 0 Å². The zero-order valence-electron chi connectivity index (χ0n) is 8.32. The highest BCUT2D eigenvalue weighted by molar-refractivity contribution is 8.03. The number of fused-ring (bicyclic) bond motifs is 1. The SMILES string of the molecule is CC/C=C1\SCC2C(=O)N(C)C(=O)C12. The van der Waals surface area contributed by atoms with Gasteiger partial charge in [-0.05, 0) is 11.3 Å². The Morgan fingerprint density at radius 2 is 2.21 bits per heavy atom. The molecule has 2 saturated heterocycles. The van der Waals surface area contributed by atoms with Gasteiger partial charge in [-0.3, -0.25) is 14.5 Å². The third-order valence-electron chi connectivity index (χ3n) is 2.79. The van der Waals surface area contributed by atoms with Gasteiger partial charge < -0.3 is 0 Å². The van der Waals surface area contributed by atoms with Crippen LogP contribution in [0.2, 0.25) is 0 Å². The van der Waals surface area contributed by atoms with Crippen LogP contribution in [0.3, 0.4) is 0 Å². The van der Waals surface area contributed by atoms with Crippen molar-refractivity contribution in [2.45, 2.75) is 13.3 Å². The Balaban J connectivity index is 2.31. The van der Waals surface area contributed by atoms with E-state index in [1.54, 1.807) is 18.8 Å². The lowest BCUT2D eigenvalue weighted by molar-refractivity contribution is -0.137. The van der Waals surface area contributed by atoms with Gasteiger partial charge in [0, 0.05) is 12.8 Å². The van der Waals surface area contributed by atoms with Gasteiger partial charge in [0.2, 0.25) is 11.8 Å². The molecule has 0 bridgehead atoms. The maximum Gasteiger partial charge on any atom is 0.237 e. The summed E-state index contributed by atoms with van der Waals surface area (Å²) in [5.74, 6) is 0.496. The van der Waals surface area contributed by atoms with E-state index in [-0.39, 0.29) is 23.7 Å². The molecular formula is C10H13NO2S. The first kappa shape index (κ1) is 9.77. The summed E-state index contributed by atoms with van der Waals surface area (Å²) in [5.41, 5.74) is 0. The van der Waals surface area contributed by atoms with E-state index in [1.807, 2.05) is 6.92 Å². The quantitative estimate of drug-likeness (QED) is 0.613. The van der Waals surface area contributed by atoms with Crippen molar-refractivity contribution in [3.05, 3.63) is 11.0 Å². The number of likely N-dealkylation sites (tertiary alicyclic amines) is 1. The van der Waals surface area contributed by atoms with Crippen molar-refractivity contribution in [3.8, 4) is 0 Å². The minimum atomic E-state index is -0.155. The number of nitrogens with zero attached hydrogens (tertiary/aromatic N) is 1. The number of hydrogen-bond donors (Lipinski definition) is 0.